The minimum atomic E-state index is -1.04. The maximum absolute atomic E-state index is 11.9. The van der Waals surface area contributed by atoms with E-state index in [-0.39, 0.29) is 11.6 Å². The number of carbonyl (C=O) groups is 2. The van der Waals surface area contributed by atoms with Crippen LogP contribution in [0.4, 0.5) is 5.13 Å². The Morgan fingerprint density at radius 2 is 2.09 bits per heavy atom. The molecule has 6 nitrogen and oxygen atoms in total. The number of carboxylic acids is 1. The van der Waals surface area contributed by atoms with E-state index in [2.05, 4.69) is 16.4 Å². The summed E-state index contributed by atoms with van der Waals surface area (Å²) >= 11 is 1.07. The molecule has 1 amide bonds. The molecule has 1 aromatic carbocycles. The van der Waals surface area contributed by atoms with Gasteiger partial charge in [-0.25, -0.2) is 4.98 Å². The summed E-state index contributed by atoms with van der Waals surface area (Å²) in [6.07, 6.45) is -0.256. The zero-order chi connectivity index (χ0) is 16.1. The number of aromatic nitrogens is 1. The van der Waals surface area contributed by atoms with Gasteiger partial charge in [0.15, 0.2) is 5.13 Å². The summed E-state index contributed by atoms with van der Waals surface area (Å²) in [5, 5.41) is 20.7. The summed E-state index contributed by atoms with van der Waals surface area (Å²) in [5.41, 5.74) is 1.30. The number of carbonyl (C=O) groups excluding carboxylic acids is 1. The van der Waals surface area contributed by atoms with Crippen LogP contribution in [-0.4, -0.2) is 22.0 Å². The Morgan fingerprint density at radius 3 is 2.68 bits per heavy atom. The monoisotopic (exact) mass is 315 g/mol. The lowest BCUT2D eigenvalue weighted by Crippen LogP contribution is -2.22. The maximum atomic E-state index is 11.9. The third-order valence-corrected chi connectivity index (χ3v) is 3.81. The van der Waals surface area contributed by atoms with Crippen LogP contribution in [0.3, 0.4) is 0 Å². The molecule has 2 rings (SSSR count). The molecule has 2 aromatic rings. The van der Waals surface area contributed by atoms with Gasteiger partial charge in [-0.3, -0.25) is 9.59 Å². The van der Waals surface area contributed by atoms with E-state index in [1.165, 1.54) is 6.92 Å². The van der Waals surface area contributed by atoms with Gasteiger partial charge in [0.25, 0.3) is 0 Å². The number of nitriles is 1. The molecule has 0 bridgehead atoms. The van der Waals surface area contributed by atoms with E-state index < -0.39 is 17.8 Å². The predicted octanol–water partition coefficient (Wildman–Crippen LogP) is 2.73. The van der Waals surface area contributed by atoms with E-state index in [1.54, 1.807) is 0 Å². The highest BCUT2D eigenvalue weighted by molar-refractivity contribution is 7.16. The number of rotatable bonds is 5. The molecule has 7 heteroatoms. The fourth-order valence-electron chi connectivity index (χ4n) is 1.82. The van der Waals surface area contributed by atoms with E-state index in [4.69, 9.17) is 5.11 Å². The summed E-state index contributed by atoms with van der Waals surface area (Å²) < 4.78 is 0. The molecule has 1 aromatic heterocycles. The highest BCUT2D eigenvalue weighted by atomic mass is 32.1. The first-order valence-corrected chi connectivity index (χ1v) is 7.32. The second-order valence-corrected chi connectivity index (χ2v) is 5.66. The van der Waals surface area contributed by atoms with Gasteiger partial charge >= 0.3 is 5.97 Å². The Balaban J connectivity index is 2.21. The van der Waals surface area contributed by atoms with Gasteiger partial charge in [-0.15, -0.1) is 0 Å². The van der Waals surface area contributed by atoms with Gasteiger partial charge in [-0.05, 0) is 0 Å². The van der Waals surface area contributed by atoms with Crippen LogP contribution in [-0.2, 0) is 9.59 Å². The van der Waals surface area contributed by atoms with Gasteiger partial charge in [-0.1, -0.05) is 48.6 Å². The van der Waals surface area contributed by atoms with Gasteiger partial charge in [0.05, 0.1) is 6.42 Å². The third kappa shape index (κ3) is 3.68. The molecule has 0 fully saturated rings. The zero-order valence-corrected chi connectivity index (χ0v) is 12.6. The molecule has 0 saturated heterocycles. The normalized spacial score (nSPS) is 11.5. The molecule has 0 radical (unpaired) electrons. The standard InChI is InChI=1S/C15H13N3O3S/c1-9(7-12(19)20)14(21)18-15-17-13(11(8-16)22-15)10-5-3-2-4-6-10/h2-6,9H,7H2,1H3,(H,19,20)(H,17,18,21)/t9-/m0/s1. The Bertz CT molecular complexity index is 734. The second-order valence-electron chi connectivity index (χ2n) is 4.66. The van der Waals surface area contributed by atoms with Crippen molar-refractivity contribution in [1.29, 1.82) is 5.26 Å². The number of thiazole rings is 1. The smallest absolute Gasteiger partial charge is 0.304 e. The average Bonchev–Trinajstić information content (AvgIpc) is 2.90. The number of aliphatic carboxylic acids is 1. The fraction of sp³-hybridized carbons (Fsp3) is 0.200. The molecule has 0 unspecified atom stereocenters. The van der Waals surface area contributed by atoms with Crippen molar-refractivity contribution in [2.45, 2.75) is 13.3 Å². The molecule has 0 saturated carbocycles. The lowest BCUT2D eigenvalue weighted by molar-refractivity contribution is -0.139. The number of hydrogen-bond donors (Lipinski definition) is 2. The van der Waals surface area contributed by atoms with Crippen molar-refractivity contribution in [3.05, 3.63) is 35.2 Å². The lowest BCUT2D eigenvalue weighted by atomic mass is 10.1. The van der Waals surface area contributed by atoms with E-state index in [9.17, 15) is 14.9 Å². The summed E-state index contributed by atoms with van der Waals surface area (Å²) in [6.45, 7) is 1.53. The van der Waals surface area contributed by atoms with Crippen molar-refractivity contribution in [1.82, 2.24) is 4.98 Å². The van der Waals surface area contributed by atoms with Crippen molar-refractivity contribution in [2.24, 2.45) is 5.92 Å². The van der Waals surface area contributed by atoms with E-state index in [0.29, 0.717) is 10.6 Å². The SMILES string of the molecule is C[C@@H](CC(=O)O)C(=O)Nc1nc(-c2ccccc2)c(C#N)s1. The van der Waals surface area contributed by atoms with E-state index in [0.717, 1.165) is 16.9 Å². The number of amides is 1. The van der Waals surface area contributed by atoms with Crippen LogP contribution in [0.1, 0.15) is 18.2 Å². The van der Waals surface area contributed by atoms with Crippen molar-refractivity contribution in [3.8, 4) is 17.3 Å². The van der Waals surface area contributed by atoms with Gasteiger partial charge in [-0.2, -0.15) is 5.26 Å². The van der Waals surface area contributed by atoms with Gasteiger partial charge in [0, 0.05) is 11.5 Å². The zero-order valence-electron chi connectivity index (χ0n) is 11.7. The number of nitrogens with zero attached hydrogens (tertiary/aromatic N) is 2. The number of benzene rings is 1. The summed E-state index contributed by atoms with van der Waals surface area (Å²) in [7, 11) is 0. The third-order valence-electron chi connectivity index (χ3n) is 2.93. The van der Waals surface area contributed by atoms with E-state index >= 15 is 0 Å². The number of hydrogen-bond acceptors (Lipinski definition) is 5. The molecule has 1 atom stereocenters. The minimum absolute atomic E-state index is 0.256. The molecule has 0 aliphatic heterocycles. The first-order chi connectivity index (χ1) is 10.5. The molecule has 0 spiro atoms. The Labute approximate surface area is 131 Å². The van der Waals surface area contributed by atoms with Gasteiger partial charge < -0.3 is 10.4 Å². The molecule has 1 heterocycles. The number of nitrogens with one attached hydrogen (secondary N) is 1. The summed E-state index contributed by atoms with van der Waals surface area (Å²) in [5.74, 6) is -2.14. The molecule has 0 aliphatic rings. The highest BCUT2D eigenvalue weighted by Crippen LogP contribution is 2.30. The van der Waals surface area contributed by atoms with Crippen LogP contribution >= 0.6 is 11.3 Å². The first kappa shape index (κ1) is 15.7. The quantitative estimate of drug-likeness (QED) is 0.883. The number of anilines is 1. The van der Waals surface area contributed by atoms with Crippen molar-refractivity contribution < 1.29 is 14.7 Å². The van der Waals surface area contributed by atoms with Gasteiger partial charge in [0.2, 0.25) is 5.91 Å². The summed E-state index contributed by atoms with van der Waals surface area (Å²) in [4.78, 5) is 27.2. The van der Waals surface area contributed by atoms with Crippen LogP contribution in [0.25, 0.3) is 11.3 Å². The fourth-order valence-corrected chi connectivity index (χ4v) is 2.61. The summed E-state index contributed by atoms with van der Waals surface area (Å²) in [6, 6.07) is 11.2. The molecule has 112 valence electrons. The van der Waals surface area contributed by atoms with Gasteiger partial charge in [0.1, 0.15) is 16.6 Å². The largest absolute Gasteiger partial charge is 0.481 e. The Hall–Kier alpha value is -2.72. The van der Waals surface area contributed by atoms with Crippen molar-refractivity contribution in [3.63, 3.8) is 0 Å². The lowest BCUT2D eigenvalue weighted by Gasteiger charge is -2.07. The molecular weight excluding hydrogens is 302 g/mol. The number of carboxylic acid groups (broad SMARTS) is 1. The first-order valence-electron chi connectivity index (χ1n) is 6.50. The second kappa shape index (κ2) is 6.83. The Morgan fingerprint density at radius 1 is 1.41 bits per heavy atom. The minimum Gasteiger partial charge on any atom is -0.481 e. The van der Waals surface area contributed by atoms with Crippen LogP contribution in [0, 0.1) is 17.2 Å². The predicted molar refractivity (Wildman–Crippen MR) is 82.3 cm³/mol. The molecular formula is C15H13N3O3S. The highest BCUT2D eigenvalue weighted by Gasteiger charge is 2.19. The van der Waals surface area contributed by atoms with Crippen LogP contribution in [0.15, 0.2) is 30.3 Å². The molecule has 22 heavy (non-hydrogen) atoms. The van der Waals surface area contributed by atoms with Crippen LogP contribution in [0.5, 0.6) is 0 Å². The van der Waals surface area contributed by atoms with Crippen LogP contribution in [0.2, 0.25) is 0 Å². The van der Waals surface area contributed by atoms with E-state index in [1.807, 2.05) is 30.3 Å². The average molecular weight is 315 g/mol. The molecule has 2 N–H and O–H groups in total. The van der Waals surface area contributed by atoms with Crippen LogP contribution < -0.4 is 5.32 Å². The topological polar surface area (TPSA) is 103 Å². The molecule has 0 aliphatic carbocycles. The maximum Gasteiger partial charge on any atom is 0.304 e. The van der Waals surface area contributed by atoms with Crippen molar-refractivity contribution in [2.75, 3.05) is 5.32 Å². The van der Waals surface area contributed by atoms with Crippen molar-refractivity contribution >= 4 is 28.3 Å². The Kier molecular flexibility index (Phi) is 4.86.